The van der Waals surface area contributed by atoms with Crippen LogP contribution in [0.4, 0.5) is 4.39 Å². The van der Waals surface area contributed by atoms with Gasteiger partial charge in [0.15, 0.2) is 5.82 Å². The van der Waals surface area contributed by atoms with Crippen LogP contribution in [0.15, 0.2) is 30.6 Å². The van der Waals surface area contributed by atoms with Crippen molar-refractivity contribution in [2.75, 3.05) is 14.2 Å². The van der Waals surface area contributed by atoms with Gasteiger partial charge in [-0.25, -0.2) is 19.3 Å². The molecule has 0 atom stereocenters. The van der Waals surface area contributed by atoms with Gasteiger partial charge in [0, 0.05) is 31.6 Å². The summed E-state index contributed by atoms with van der Waals surface area (Å²) < 4.78 is 18.2. The molecule has 7 heteroatoms. The number of aromatic amines is 1. The molecule has 0 radical (unpaired) electrons. The number of halogens is 1. The molecule has 23 heavy (non-hydrogen) atoms. The second-order valence-corrected chi connectivity index (χ2v) is 5.46. The van der Waals surface area contributed by atoms with Crippen molar-refractivity contribution in [2.24, 2.45) is 0 Å². The number of benzene rings is 1. The Bertz CT molecular complexity index is 787. The lowest BCUT2D eigenvalue weighted by molar-refractivity contribution is 0.177. The monoisotopic (exact) mass is 315 g/mol. The molecule has 6 nitrogen and oxygen atoms in total. The van der Waals surface area contributed by atoms with Crippen molar-refractivity contribution in [1.29, 1.82) is 0 Å². The van der Waals surface area contributed by atoms with Crippen LogP contribution < -0.4 is 0 Å². The highest BCUT2D eigenvalue weighted by Crippen LogP contribution is 2.14. The second-order valence-electron chi connectivity index (χ2n) is 5.46. The van der Waals surface area contributed by atoms with Crippen molar-refractivity contribution in [3.8, 4) is 0 Å². The molecule has 120 valence electrons. The molecule has 2 heterocycles. The summed E-state index contributed by atoms with van der Waals surface area (Å²) in [5.74, 6) is 1.19. The molecule has 3 aromatic rings. The van der Waals surface area contributed by atoms with Crippen molar-refractivity contribution in [2.45, 2.75) is 19.7 Å². The second kappa shape index (κ2) is 6.80. The van der Waals surface area contributed by atoms with Crippen molar-refractivity contribution >= 4 is 11.0 Å². The summed E-state index contributed by atoms with van der Waals surface area (Å²) in [7, 11) is 3.60. The Kier molecular flexibility index (Phi) is 4.59. The van der Waals surface area contributed by atoms with Crippen molar-refractivity contribution < 1.29 is 9.13 Å². The van der Waals surface area contributed by atoms with E-state index in [1.54, 1.807) is 25.6 Å². The normalized spacial score (nSPS) is 11.5. The van der Waals surface area contributed by atoms with E-state index >= 15 is 0 Å². The van der Waals surface area contributed by atoms with Gasteiger partial charge >= 0.3 is 0 Å². The third-order valence-electron chi connectivity index (χ3n) is 3.40. The fourth-order valence-electron chi connectivity index (χ4n) is 2.40. The number of hydrogen-bond donors (Lipinski definition) is 1. The quantitative estimate of drug-likeness (QED) is 0.756. The average Bonchev–Trinajstić information content (AvgIpc) is 2.90. The van der Waals surface area contributed by atoms with Gasteiger partial charge < -0.3 is 9.72 Å². The van der Waals surface area contributed by atoms with Crippen LogP contribution in [-0.4, -0.2) is 39.0 Å². The van der Waals surface area contributed by atoms with Gasteiger partial charge in [-0.1, -0.05) is 0 Å². The molecule has 0 aliphatic rings. The van der Waals surface area contributed by atoms with Gasteiger partial charge in [0.25, 0.3) is 0 Å². The van der Waals surface area contributed by atoms with Gasteiger partial charge in [-0.3, -0.25) is 4.90 Å². The van der Waals surface area contributed by atoms with Crippen LogP contribution in [0.2, 0.25) is 0 Å². The number of imidazole rings is 1. The number of fused-ring (bicyclic) bond motifs is 1. The van der Waals surface area contributed by atoms with Gasteiger partial charge in [-0.2, -0.15) is 0 Å². The molecule has 0 fully saturated rings. The Morgan fingerprint density at radius 3 is 2.74 bits per heavy atom. The molecule has 3 rings (SSSR count). The molecule has 1 aromatic carbocycles. The van der Waals surface area contributed by atoms with E-state index in [2.05, 4.69) is 24.8 Å². The van der Waals surface area contributed by atoms with Crippen LogP contribution in [-0.2, 0) is 24.4 Å². The molecule has 0 aliphatic heterocycles. The Hall–Kier alpha value is -2.38. The predicted molar refractivity (Wildman–Crippen MR) is 84.0 cm³/mol. The topological polar surface area (TPSA) is 66.9 Å². The number of rotatable bonds is 6. The van der Waals surface area contributed by atoms with Crippen LogP contribution in [0.3, 0.4) is 0 Å². The van der Waals surface area contributed by atoms with Crippen LogP contribution in [0.25, 0.3) is 11.0 Å². The Morgan fingerprint density at radius 2 is 2.00 bits per heavy atom. The summed E-state index contributed by atoms with van der Waals surface area (Å²) >= 11 is 0. The highest BCUT2D eigenvalue weighted by Gasteiger charge is 2.08. The third kappa shape index (κ3) is 3.88. The van der Waals surface area contributed by atoms with E-state index in [0.717, 1.165) is 16.9 Å². The summed E-state index contributed by atoms with van der Waals surface area (Å²) in [6.45, 7) is 1.72. The zero-order valence-electron chi connectivity index (χ0n) is 13.1. The van der Waals surface area contributed by atoms with Crippen LogP contribution >= 0.6 is 0 Å². The minimum Gasteiger partial charge on any atom is -0.377 e. The van der Waals surface area contributed by atoms with Crippen LogP contribution in [0.5, 0.6) is 0 Å². The van der Waals surface area contributed by atoms with Gasteiger partial charge in [0.05, 0.1) is 17.6 Å². The number of ether oxygens (including phenoxy) is 1. The van der Waals surface area contributed by atoms with E-state index in [9.17, 15) is 4.39 Å². The maximum absolute atomic E-state index is 13.2. The highest BCUT2D eigenvalue weighted by molar-refractivity contribution is 5.74. The summed E-state index contributed by atoms with van der Waals surface area (Å²) in [5.41, 5.74) is 2.48. The Morgan fingerprint density at radius 1 is 1.22 bits per heavy atom. The molecule has 0 unspecified atom stereocenters. The first-order valence-corrected chi connectivity index (χ1v) is 7.25. The highest BCUT2D eigenvalue weighted by atomic mass is 19.1. The lowest BCUT2D eigenvalue weighted by atomic mass is 10.3. The fourth-order valence-corrected chi connectivity index (χ4v) is 2.40. The number of aromatic nitrogens is 4. The first kappa shape index (κ1) is 15.5. The largest absolute Gasteiger partial charge is 0.377 e. The number of nitrogens with zero attached hydrogens (tertiary/aromatic N) is 4. The molecule has 0 spiro atoms. The van der Waals surface area contributed by atoms with Crippen molar-refractivity contribution in [3.63, 3.8) is 0 Å². The minimum atomic E-state index is -0.269. The van der Waals surface area contributed by atoms with Crippen LogP contribution in [0.1, 0.15) is 17.2 Å². The Labute approximate surface area is 133 Å². The van der Waals surface area contributed by atoms with Crippen molar-refractivity contribution in [1.82, 2.24) is 24.8 Å². The number of H-pyrrole nitrogens is 1. The molecular weight excluding hydrogens is 297 g/mol. The number of hydrogen-bond acceptors (Lipinski definition) is 5. The van der Waals surface area contributed by atoms with E-state index in [-0.39, 0.29) is 5.82 Å². The molecule has 1 N–H and O–H groups in total. The SMILES string of the molecule is COCc1ncc(CN(C)Cc2nc3ccc(F)cc3[nH]2)cn1. The zero-order chi connectivity index (χ0) is 16.2. The molecule has 0 saturated heterocycles. The average molecular weight is 315 g/mol. The molecule has 0 aliphatic carbocycles. The number of nitrogens with one attached hydrogen (secondary N) is 1. The van der Waals surface area contributed by atoms with Gasteiger partial charge in [0.1, 0.15) is 18.2 Å². The lowest BCUT2D eigenvalue weighted by Gasteiger charge is -2.14. The summed E-state index contributed by atoms with van der Waals surface area (Å²) in [6, 6.07) is 4.54. The fraction of sp³-hybridized carbons (Fsp3) is 0.312. The maximum Gasteiger partial charge on any atom is 0.153 e. The van der Waals surface area contributed by atoms with E-state index in [1.807, 2.05) is 7.05 Å². The zero-order valence-corrected chi connectivity index (χ0v) is 13.1. The lowest BCUT2D eigenvalue weighted by Crippen LogP contribution is -2.18. The summed E-state index contributed by atoms with van der Waals surface area (Å²) in [4.78, 5) is 18.2. The summed E-state index contributed by atoms with van der Waals surface area (Å²) in [5, 5.41) is 0. The van der Waals surface area contributed by atoms with Crippen LogP contribution in [0, 0.1) is 5.82 Å². The van der Waals surface area contributed by atoms with E-state index in [1.165, 1.54) is 12.1 Å². The predicted octanol–water partition coefficient (Wildman–Crippen LogP) is 2.27. The molecular formula is C16H18FN5O. The van der Waals surface area contributed by atoms with Gasteiger partial charge in [0.2, 0.25) is 0 Å². The molecule has 0 saturated carbocycles. The minimum absolute atomic E-state index is 0.269. The van der Waals surface area contributed by atoms with Gasteiger partial charge in [-0.05, 0) is 25.2 Å². The van der Waals surface area contributed by atoms with E-state index < -0.39 is 0 Å². The third-order valence-corrected chi connectivity index (χ3v) is 3.40. The smallest absolute Gasteiger partial charge is 0.153 e. The molecule has 0 bridgehead atoms. The maximum atomic E-state index is 13.2. The Balaban J connectivity index is 1.64. The van der Waals surface area contributed by atoms with E-state index in [0.29, 0.717) is 31.0 Å². The van der Waals surface area contributed by atoms with E-state index in [4.69, 9.17) is 4.74 Å². The standard InChI is InChI=1S/C16H18FN5O/c1-22(8-11-6-18-16(10-23-2)19-7-11)9-15-20-13-4-3-12(17)5-14(13)21-15/h3-7H,8-10H2,1-2H3,(H,20,21). The first-order chi connectivity index (χ1) is 11.1. The molecule has 2 aromatic heterocycles. The molecule has 0 amide bonds. The first-order valence-electron chi connectivity index (χ1n) is 7.25. The summed E-state index contributed by atoms with van der Waals surface area (Å²) in [6.07, 6.45) is 3.59. The van der Waals surface area contributed by atoms with Crippen molar-refractivity contribution in [3.05, 3.63) is 53.6 Å². The number of methoxy groups -OCH3 is 1. The van der Waals surface area contributed by atoms with Gasteiger partial charge in [-0.15, -0.1) is 0 Å².